The van der Waals surface area contributed by atoms with E-state index in [1.165, 1.54) is 10.4 Å². The largest absolute Gasteiger partial charge is 0.497 e. The summed E-state index contributed by atoms with van der Waals surface area (Å²) >= 11 is 6.88. The standard InChI is InChI=1S/C17H20ClN3O4S2/c1-25-14-4-2-3-13(11-14)12-19-17(22)20-7-9-21(10-8-20)27(23,24)16-6-5-15(18)26-16/h2-6,11H,7-10,12H2,1H3,(H,19,22). The van der Waals surface area contributed by atoms with Gasteiger partial charge in [-0.1, -0.05) is 23.7 Å². The van der Waals surface area contributed by atoms with Crippen molar-refractivity contribution in [3.63, 3.8) is 0 Å². The molecule has 2 amide bonds. The van der Waals surface area contributed by atoms with Crippen molar-refractivity contribution >= 4 is 39.0 Å². The van der Waals surface area contributed by atoms with Gasteiger partial charge >= 0.3 is 6.03 Å². The Hall–Kier alpha value is -1.81. The summed E-state index contributed by atoms with van der Waals surface area (Å²) in [5.74, 6) is 0.731. The summed E-state index contributed by atoms with van der Waals surface area (Å²) in [5, 5.41) is 2.86. The predicted octanol–water partition coefficient (Wildman–Crippen LogP) is 2.63. The highest BCUT2D eigenvalue weighted by molar-refractivity contribution is 7.91. The Bertz CT molecular complexity index is 908. The number of carbonyl (C=O) groups is 1. The van der Waals surface area contributed by atoms with Crippen LogP contribution in [0.4, 0.5) is 4.79 Å². The molecule has 2 heterocycles. The van der Waals surface area contributed by atoms with Gasteiger partial charge in [0.2, 0.25) is 0 Å². The fourth-order valence-corrected chi connectivity index (χ4v) is 5.83. The van der Waals surface area contributed by atoms with Crippen LogP contribution in [0, 0.1) is 0 Å². The number of rotatable bonds is 5. The summed E-state index contributed by atoms with van der Waals surface area (Å²) in [7, 11) is -1.97. The molecule has 0 radical (unpaired) electrons. The minimum atomic E-state index is -3.56. The number of nitrogens with one attached hydrogen (secondary N) is 1. The number of thiophene rings is 1. The number of urea groups is 1. The highest BCUT2D eigenvalue weighted by Crippen LogP contribution is 2.28. The predicted molar refractivity (Wildman–Crippen MR) is 105 cm³/mol. The van der Waals surface area contributed by atoms with E-state index in [2.05, 4.69) is 5.32 Å². The molecule has 146 valence electrons. The zero-order valence-corrected chi connectivity index (χ0v) is 17.1. The molecule has 27 heavy (non-hydrogen) atoms. The van der Waals surface area contributed by atoms with Crippen LogP contribution >= 0.6 is 22.9 Å². The number of hydrogen-bond donors (Lipinski definition) is 1. The summed E-state index contributed by atoms with van der Waals surface area (Å²) < 4.78 is 32.4. The number of hydrogen-bond acceptors (Lipinski definition) is 5. The third kappa shape index (κ3) is 4.73. The van der Waals surface area contributed by atoms with Gasteiger partial charge in [0.1, 0.15) is 9.96 Å². The average molecular weight is 430 g/mol. The summed E-state index contributed by atoms with van der Waals surface area (Å²) in [6.45, 7) is 1.56. The van der Waals surface area contributed by atoms with Crippen molar-refractivity contribution in [2.45, 2.75) is 10.8 Å². The van der Waals surface area contributed by atoms with Crippen LogP contribution < -0.4 is 10.1 Å². The van der Waals surface area contributed by atoms with E-state index in [0.29, 0.717) is 24.0 Å². The smallest absolute Gasteiger partial charge is 0.317 e. The molecule has 1 N–H and O–H groups in total. The molecule has 2 aromatic rings. The van der Waals surface area contributed by atoms with Crippen molar-refractivity contribution in [2.75, 3.05) is 33.3 Å². The average Bonchev–Trinajstić information content (AvgIpc) is 3.13. The number of nitrogens with zero attached hydrogens (tertiary/aromatic N) is 2. The number of methoxy groups -OCH3 is 1. The molecule has 1 aromatic carbocycles. The molecule has 0 spiro atoms. The third-order valence-corrected chi connectivity index (χ3v) is 7.84. The van der Waals surface area contributed by atoms with E-state index in [4.69, 9.17) is 16.3 Å². The first-order valence-corrected chi connectivity index (χ1v) is 10.9. The maximum absolute atomic E-state index is 12.6. The zero-order valence-electron chi connectivity index (χ0n) is 14.7. The first kappa shape index (κ1) is 19.9. The molecular weight excluding hydrogens is 410 g/mol. The number of ether oxygens (including phenoxy) is 1. The van der Waals surface area contributed by atoms with Crippen molar-refractivity contribution in [3.05, 3.63) is 46.3 Å². The number of piperazine rings is 1. The third-order valence-electron chi connectivity index (χ3n) is 4.25. The van der Waals surface area contributed by atoms with Gasteiger partial charge in [0, 0.05) is 32.7 Å². The van der Waals surface area contributed by atoms with Crippen molar-refractivity contribution in [2.24, 2.45) is 0 Å². The quantitative estimate of drug-likeness (QED) is 0.792. The van der Waals surface area contributed by atoms with Gasteiger partial charge in [-0.3, -0.25) is 0 Å². The summed E-state index contributed by atoms with van der Waals surface area (Å²) in [4.78, 5) is 14.0. The van der Waals surface area contributed by atoms with Crippen LogP contribution in [0.2, 0.25) is 4.34 Å². The first-order valence-electron chi connectivity index (χ1n) is 8.31. The summed E-state index contributed by atoms with van der Waals surface area (Å²) in [6, 6.07) is 10.3. The van der Waals surface area contributed by atoms with E-state index < -0.39 is 10.0 Å². The van der Waals surface area contributed by atoms with Crippen LogP contribution in [0.5, 0.6) is 5.75 Å². The van der Waals surface area contributed by atoms with E-state index >= 15 is 0 Å². The Morgan fingerprint density at radius 2 is 1.96 bits per heavy atom. The second-order valence-corrected chi connectivity index (χ2v) is 9.84. The van der Waals surface area contributed by atoms with Crippen molar-refractivity contribution in [1.29, 1.82) is 0 Å². The number of benzene rings is 1. The van der Waals surface area contributed by atoms with Gasteiger partial charge in [-0.25, -0.2) is 13.2 Å². The molecule has 7 nitrogen and oxygen atoms in total. The molecular formula is C17H20ClN3O4S2. The molecule has 0 bridgehead atoms. The van der Waals surface area contributed by atoms with E-state index in [0.717, 1.165) is 22.6 Å². The van der Waals surface area contributed by atoms with E-state index in [1.807, 2.05) is 24.3 Å². The summed E-state index contributed by atoms with van der Waals surface area (Å²) in [6.07, 6.45) is 0. The van der Waals surface area contributed by atoms with Crippen LogP contribution in [0.25, 0.3) is 0 Å². The fraction of sp³-hybridized carbons (Fsp3) is 0.353. The fourth-order valence-electron chi connectivity index (χ4n) is 2.77. The molecule has 10 heteroatoms. The monoisotopic (exact) mass is 429 g/mol. The van der Waals surface area contributed by atoms with Gasteiger partial charge in [0.25, 0.3) is 10.0 Å². The Labute approximate surface area is 167 Å². The van der Waals surface area contributed by atoms with E-state index in [9.17, 15) is 13.2 Å². The minimum Gasteiger partial charge on any atom is -0.497 e. The molecule has 0 saturated carbocycles. The Balaban J connectivity index is 1.53. The lowest BCUT2D eigenvalue weighted by molar-refractivity contribution is 0.172. The lowest BCUT2D eigenvalue weighted by atomic mass is 10.2. The number of carbonyl (C=O) groups excluding carboxylic acids is 1. The number of amides is 2. The van der Waals surface area contributed by atoms with Crippen LogP contribution in [-0.4, -0.2) is 56.9 Å². The molecule has 1 aromatic heterocycles. The van der Waals surface area contributed by atoms with Crippen LogP contribution in [-0.2, 0) is 16.6 Å². The topological polar surface area (TPSA) is 79.0 Å². The SMILES string of the molecule is COc1cccc(CNC(=O)N2CCN(S(=O)(=O)c3ccc(Cl)s3)CC2)c1. The molecule has 1 fully saturated rings. The molecule has 3 rings (SSSR count). The molecule has 0 aliphatic carbocycles. The van der Waals surface area contributed by atoms with Gasteiger partial charge in [0.05, 0.1) is 11.4 Å². The lowest BCUT2D eigenvalue weighted by Gasteiger charge is -2.33. The normalized spacial score (nSPS) is 15.6. The second kappa shape index (κ2) is 8.47. The molecule has 0 unspecified atom stereocenters. The zero-order chi connectivity index (χ0) is 19.4. The first-order chi connectivity index (χ1) is 12.9. The molecule has 1 aliphatic rings. The Morgan fingerprint density at radius 1 is 1.22 bits per heavy atom. The van der Waals surface area contributed by atoms with Gasteiger partial charge in [0.15, 0.2) is 0 Å². The van der Waals surface area contributed by atoms with E-state index in [-0.39, 0.29) is 23.3 Å². The van der Waals surface area contributed by atoms with Crippen LogP contribution in [0.15, 0.2) is 40.6 Å². The Kier molecular flexibility index (Phi) is 6.25. The number of sulfonamides is 1. The van der Waals surface area contributed by atoms with Crippen LogP contribution in [0.1, 0.15) is 5.56 Å². The molecule has 1 aliphatic heterocycles. The van der Waals surface area contributed by atoms with Crippen LogP contribution in [0.3, 0.4) is 0 Å². The highest BCUT2D eigenvalue weighted by atomic mass is 35.5. The van der Waals surface area contributed by atoms with Crippen molar-refractivity contribution in [1.82, 2.24) is 14.5 Å². The van der Waals surface area contributed by atoms with Gasteiger partial charge in [-0.15, -0.1) is 11.3 Å². The highest BCUT2D eigenvalue weighted by Gasteiger charge is 2.31. The van der Waals surface area contributed by atoms with E-state index in [1.54, 1.807) is 18.1 Å². The minimum absolute atomic E-state index is 0.214. The Morgan fingerprint density at radius 3 is 2.59 bits per heavy atom. The van der Waals surface area contributed by atoms with Crippen molar-refractivity contribution in [3.8, 4) is 5.75 Å². The molecule has 0 atom stereocenters. The lowest BCUT2D eigenvalue weighted by Crippen LogP contribution is -2.52. The maximum atomic E-state index is 12.6. The molecule has 1 saturated heterocycles. The van der Waals surface area contributed by atoms with Gasteiger partial charge in [-0.05, 0) is 29.8 Å². The van der Waals surface area contributed by atoms with Gasteiger partial charge < -0.3 is 15.0 Å². The second-order valence-electron chi connectivity index (χ2n) is 5.96. The maximum Gasteiger partial charge on any atom is 0.317 e. The number of halogens is 1. The van der Waals surface area contributed by atoms with Gasteiger partial charge in [-0.2, -0.15) is 4.31 Å². The van der Waals surface area contributed by atoms with Crippen molar-refractivity contribution < 1.29 is 17.9 Å². The summed E-state index contributed by atoms with van der Waals surface area (Å²) in [5.41, 5.74) is 0.929.